The van der Waals surface area contributed by atoms with E-state index in [1.54, 1.807) is 18.2 Å². The van der Waals surface area contributed by atoms with E-state index in [9.17, 15) is 4.79 Å². The molecule has 2 aromatic rings. The van der Waals surface area contributed by atoms with Crippen molar-refractivity contribution in [1.82, 2.24) is 0 Å². The highest BCUT2D eigenvalue weighted by atomic mass is 35.5. The van der Waals surface area contributed by atoms with Gasteiger partial charge in [0, 0.05) is 6.42 Å². The van der Waals surface area contributed by atoms with Crippen LogP contribution < -0.4 is 5.32 Å². The highest BCUT2D eigenvalue weighted by Gasteiger charge is 2.09. The van der Waals surface area contributed by atoms with Crippen LogP contribution in [0.25, 0.3) is 0 Å². The molecular formula is C16H15Cl2NO. The minimum Gasteiger partial charge on any atom is -0.324 e. The number of amides is 1. The maximum absolute atomic E-state index is 11.9. The minimum absolute atomic E-state index is 0.0732. The van der Waals surface area contributed by atoms with E-state index >= 15 is 0 Å². The van der Waals surface area contributed by atoms with Crippen molar-refractivity contribution in [2.45, 2.75) is 19.3 Å². The van der Waals surface area contributed by atoms with Crippen LogP contribution in [0.1, 0.15) is 18.4 Å². The van der Waals surface area contributed by atoms with Gasteiger partial charge in [-0.25, -0.2) is 0 Å². The summed E-state index contributed by atoms with van der Waals surface area (Å²) < 4.78 is 0. The Morgan fingerprint density at radius 2 is 1.60 bits per heavy atom. The summed E-state index contributed by atoms with van der Waals surface area (Å²) in [6, 6.07) is 15.2. The second-order valence-electron chi connectivity index (χ2n) is 4.48. The van der Waals surface area contributed by atoms with Crippen molar-refractivity contribution in [3.8, 4) is 0 Å². The second kappa shape index (κ2) is 7.32. The van der Waals surface area contributed by atoms with Gasteiger partial charge in [0.2, 0.25) is 5.91 Å². The van der Waals surface area contributed by atoms with Crippen LogP contribution in [0.4, 0.5) is 5.69 Å². The lowest BCUT2D eigenvalue weighted by Gasteiger charge is -2.09. The predicted octanol–water partition coefficient (Wildman–Crippen LogP) is 4.95. The summed E-state index contributed by atoms with van der Waals surface area (Å²) in [6.07, 6.45) is 2.11. The first-order valence-corrected chi connectivity index (χ1v) is 7.20. The van der Waals surface area contributed by atoms with Crippen molar-refractivity contribution >= 4 is 34.8 Å². The van der Waals surface area contributed by atoms with Gasteiger partial charge < -0.3 is 5.32 Å². The van der Waals surface area contributed by atoms with Crippen LogP contribution in [-0.4, -0.2) is 5.91 Å². The third kappa shape index (κ3) is 4.26. The average Bonchev–Trinajstić information content (AvgIpc) is 2.44. The Balaban J connectivity index is 1.84. The molecule has 0 aliphatic rings. The third-order valence-electron chi connectivity index (χ3n) is 2.94. The van der Waals surface area contributed by atoms with Crippen molar-refractivity contribution in [1.29, 1.82) is 0 Å². The van der Waals surface area contributed by atoms with E-state index in [0.717, 1.165) is 12.8 Å². The van der Waals surface area contributed by atoms with Gasteiger partial charge in [-0.15, -0.1) is 0 Å². The van der Waals surface area contributed by atoms with Crippen molar-refractivity contribution in [3.63, 3.8) is 0 Å². The van der Waals surface area contributed by atoms with Crippen LogP contribution in [0.15, 0.2) is 48.5 Å². The standard InChI is InChI=1S/C16H15Cl2NO/c17-13-9-5-10-14(18)16(13)19-15(20)11-4-8-12-6-2-1-3-7-12/h1-3,5-7,9-10H,4,8,11H2,(H,19,20). The van der Waals surface area contributed by atoms with E-state index in [1.165, 1.54) is 5.56 Å². The van der Waals surface area contributed by atoms with Crippen LogP contribution in [0.3, 0.4) is 0 Å². The molecule has 0 spiro atoms. The lowest BCUT2D eigenvalue weighted by molar-refractivity contribution is -0.116. The molecule has 0 aliphatic heterocycles. The second-order valence-corrected chi connectivity index (χ2v) is 5.30. The van der Waals surface area contributed by atoms with Crippen LogP contribution in [0.2, 0.25) is 10.0 Å². The monoisotopic (exact) mass is 307 g/mol. The molecule has 0 aliphatic carbocycles. The number of benzene rings is 2. The van der Waals surface area contributed by atoms with Gasteiger partial charge in [0.05, 0.1) is 15.7 Å². The number of halogens is 2. The summed E-state index contributed by atoms with van der Waals surface area (Å²) in [5.41, 5.74) is 1.72. The zero-order chi connectivity index (χ0) is 14.4. The van der Waals surface area contributed by atoms with Crippen LogP contribution in [-0.2, 0) is 11.2 Å². The molecule has 0 atom stereocenters. The Morgan fingerprint density at radius 3 is 2.25 bits per heavy atom. The predicted molar refractivity (Wildman–Crippen MR) is 84.5 cm³/mol. The van der Waals surface area contributed by atoms with E-state index in [-0.39, 0.29) is 5.91 Å². The summed E-state index contributed by atoms with van der Waals surface area (Å²) in [6.45, 7) is 0. The number of rotatable bonds is 5. The van der Waals surface area contributed by atoms with Gasteiger partial charge in [0.25, 0.3) is 0 Å². The lowest BCUT2D eigenvalue weighted by atomic mass is 10.1. The first kappa shape index (κ1) is 14.9. The van der Waals surface area contributed by atoms with Crippen molar-refractivity contribution in [3.05, 3.63) is 64.1 Å². The molecule has 0 saturated carbocycles. The first-order valence-electron chi connectivity index (χ1n) is 6.44. The number of hydrogen-bond donors (Lipinski definition) is 1. The molecule has 20 heavy (non-hydrogen) atoms. The number of hydrogen-bond acceptors (Lipinski definition) is 1. The number of anilines is 1. The molecule has 0 unspecified atom stereocenters. The van der Waals surface area contributed by atoms with Gasteiger partial charge in [-0.1, -0.05) is 59.6 Å². The minimum atomic E-state index is -0.0732. The Labute approximate surface area is 128 Å². The number of carbonyl (C=O) groups is 1. The fraction of sp³-hybridized carbons (Fsp3) is 0.188. The molecular weight excluding hydrogens is 293 g/mol. The molecule has 0 saturated heterocycles. The molecule has 0 fully saturated rings. The summed E-state index contributed by atoms with van der Waals surface area (Å²) in [5.74, 6) is -0.0732. The summed E-state index contributed by atoms with van der Waals surface area (Å²) >= 11 is 12.0. The van der Waals surface area contributed by atoms with Gasteiger partial charge in [-0.05, 0) is 30.5 Å². The topological polar surface area (TPSA) is 29.1 Å². The van der Waals surface area contributed by atoms with Crippen LogP contribution >= 0.6 is 23.2 Å². The molecule has 0 bridgehead atoms. The van der Waals surface area contributed by atoms with Gasteiger partial charge in [-0.3, -0.25) is 4.79 Å². The maximum atomic E-state index is 11.9. The van der Waals surface area contributed by atoms with Gasteiger partial charge in [0.15, 0.2) is 0 Å². The highest BCUT2D eigenvalue weighted by molar-refractivity contribution is 6.39. The summed E-state index contributed by atoms with van der Waals surface area (Å²) in [4.78, 5) is 11.9. The molecule has 2 nitrogen and oxygen atoms in total. The molecule has 0 heterocycles. The van der Waals surface area contributed by atoms with E-state index in [1.807, 2.05) is 18.2 Å². The maximum Gasteiger partial charge on any atom is 0.224 e. The Kier molecular flexibility index (Phi) is 5.45. The fourth-order valence-electron chi connectivity index (χ4n) is 1.92. The number of para-hydroxylation sites is 1. The zero-order valence-corrected chi connectivity index (χ0v) is 12.4. The van der Waals surface area contributed by atoms with Crippen molar-refractivity contribution < 1.29 is 4.79 Å². The average molecular weight is 308 g/mol. The molecule has 104 valence electrons. The number of carbonyl (C=O) groups excluding carboxylic acids is 1. The van der Waals surface area contributed by atoms with E-state index < -0.39 is 0 Å². The lowest BCUT2D eigenvalue weighted by Crippen LogP contribution is -2.12. The SMILES string of the molecule is O=C(CCCc1ccccc1)Nc1c(Cl)cccc1Cl. The Hall–Kier alpha value is -1.51. The quantitative estimate of drug-likeness (QED) is 0.831. The highest BCUT2D eigenvalue weighted by Crippen LogP contribution is 2.29. The molecule has 1 N–H and O–H groups in total. The summed E-state index contributed by atoms with van der Waals surface area (Å²) in [5, 5.41) is 3.67. The Bertz CT molecular complexity index is 564. The molecule has 0 aromatic heterocycles. The smallest absolute Gasteiger partial charge is 0.224 e. The van der Waals surface area contributed by atoms with Gasteiger partial charge in [0.1, 0.15) is 0 Å². The van der Waals surface area contributed by atoms with Crippen molar-refractivity contribution in [2.75, 3.05) is 5.32 Å². The molecule has 0 radical (unpaired) electrons. The number of aryl methyl sites for hydroxylation is 1. The molecule has 2 aromatic carbocycles. The molecule has 4 heteroatoms. The third-order valence-corrected chi connectivity index (χ3v) is 3.57. The van der Waals surface area contributed by atoms with E-state index in [4.69, 9.17) is 23.2 Å². The Morgan fingerprint density at radius 1 is 0.950 bits per heavy atom. The van der Waals surface area contributed by atoms with E-state index in [2.05, 4.69) is 17.4 Å². The number of nitrogens with one attached hydrogen (secondary N) is 1. The van der Waals surface area contributed by atoms with E-state index in [0.29, 0.717) is 22.2 Å². The zero-order valence-electron chi connectivity index (χ0n) is 10.9. The van der Waals surface area contributed by atoms with Crippen molar-refractivity contribution in [2.24, 2.45) is 0 Å². The first-order chi connectivity index (χ1) is 9.66. The van der Waals surface area contributed by atoms with Crippen LogP contribution in [0.5, 0.6) is 0 Å². The molecule has 2 rings (SSSR count). The van der Waals surface area contributed by atoms with Crippen LogP contribution in [0, 0.1) is 0 Å². The summed E-state index contributed by atoms with van der Waals surface area (Å²) in [7, 11) is 0. The largest absolute Gasteiger partial charge is 0.324 e. The van der Waals surface area contributed by atoms with Gasteiger partial charge in [-0.2, -0.15) is 0 Å². The fourth-order valence-corrected chi connectivity index (χ4v) is 2.41. The normalized spacial score (nSPS) is 10.3. The molecule has 1 amide bonds. The van der Waals surface area contributed by atoms with Gasteiger partial charge >= 0.3 is 0 Å².